The Labute approximate surface area is 162 Å². The van der Waals surface area contributed by atoms with E-state index in [9.17, 15) is 9.59 Å². The first-order valence-corrected chi connectivity index (χ1v) is 9.52. The third-order valence-electron chi connectivity index (χ3n) is 5.04. The third kappa shape index (κ3) is 3.68. The molecule has 0 aromatic heterocycles. The number of esters is 1. The molecule has 3 atom stereocenters. The first-order valence-electron chi connectivity index (χ1n) is 8.73. The molecular weight excluding hydrogens is 394 g/mol. The zero-order valence-corrected chi connectivity index (χ0v) is 16.5. The molecule has 1 amide bonds. The van der Waals surface area contributed by atoms with Crippen molar-refractivity contribution < 1.29 is 14.3 Å². The molecule has 0 bridgehead atoms. The first kappa shape index (κ1) is 18.6. The zero-order valence-electron chi connectivity index (χ0n) is 14.9. The number of methoxy groups -OCH3 is 1. The Kier molecular flexibility index (Phi) is 5.77. The van der Waals surface area contributed by atoms with E-state index >= 15 is 0 Å². The van der Waals surface area contributed by atoms with E-state index in [1.807, 2.05) is 61.5 Å². The van der Waals surface area contributed by atoms with Gasteiger partial charge in [0.25, 0.3) is 0 Å². The van der Waals surface area contributed by atoms with Crippen LogP contribution in [0.1, 0.15) is 42.9 Å². The minimum atomic E-state index is -0.532. The fraction of sp³-hybridized carbons (Fsp3) is 0.333. The second-order valence-corrected chi connectivity index (χ2v) is 7.48. The van der Waals surface area contributed by atoms with Crippen LogP contribution in [0, 0.1) is 0 Å². The van der Waals surface area contributed by atoms with Gasteiger partial charge in [-0.05, 0) is 43.0 Å². The van der Waals surface area contributed by atoms with E-state index in [-0.39, 0.29) is 23.8 Å². The molecule has 2 aromatic rings. The van der Waals surface area contributed by atoms with Gasteiger partial charge in [-0.1, -0.05) is 58.4 Å². The summed E-state index contributed by atoms with van der Waals surface area (Å²) in [6.45, 7) is 1.89. The van der Waals surface area contributed by atoms with Gasteiger partial charge >= 0.3 is 5.97 Å². The minimum absolute atomic E-state index is 0.0472. The number of hydrogen-bond donors (Lipinski definition) is 0. The van der Waals surface area contributed by atoms with Crippen molar-refractivity contribution in [3.63, 3.8) is 0 Å². The van der Waals surface area contributed by atoms with Crippen LogP contribution in [0.2, 0.25) is 0 Å². The summed E-state index contributed by atoms with van der Waals surface area (Å²) in [5, 5.41) is 0. The average Bonchev–Trinajstić information content (AvgIpc) is 3.12. The van der Waals surface area contributed by atoms with Crippen LogP contribution < -0.4 is 0 Å². The van der Waals surface area contributed by atoms with Crippen molar-refractivity contribution in [1.29, 1.82) is 0 Å². The van der Waals surface area contributed by atoms with Crippen LogP contribution in [0.25, 0.3) is 0 Å². The molecule has 0 aliphatic carbocycles. The SMILES string of the molecule is COC(=O)[C@@H]1CC[C@H](c2ccccc2)N1C(=O)[C@H](C)c1ccc(Br)cc1. The third-order valence-corrected chi connectivity index (χ3v) is 5.57. The maximum atomic E-state index is 13.4. The molecule has 1 fully saturated rings. The van der Waals surface area contributed by atoms with E-state index in [2.05, 4.69) is 15.9 Å². The molecule has 1 heterocycles. The molecule has 1 saturated heterocycles. The van der Waals surface area contributed by atoms with Crippen molar-refractivity contribution in [2.45, 2.75) is 37.8 Å². The molecule has 2 aromatic carbocycles. The van der Waals surface area contributed by atoms with Gasteiger partial charge in [0.05, 0.1) is 19.1 Å². The molecule has 0 unspecified atom stereocenters. The number of halogens is 1. The normalized spacial score (nSPS) is 20.7. The van der Waals surface area contributed by atoms with Gasteiger partial charge < -0.3 is 9.64 Å². The lowest BCUT2D eigenvalue weighted by Gasteiger charge is -2.32. The molecule has 1 aliphatic heterocycles. The van der Waals surface area contributed by atoms with Crippen molar-refractivity contribution >= 4 is 27.8 Å². The van der Waals surface area contributed by atoms with Gasteiger partial charge in [0, 0.05) is 4.47 Å². The maximum Gasteiger partial charge on any atom is 0.328 e. The van der Waals surface area contributed by atoms with Crippen LogP contribution in [0.15, 0.2) is 59.1 Å². The van der Waals surface area contributed by atoms with E-state index in [0.717, 1.165) is 22.0 Å². The van der Waals surface area contributed by atoms with E-state index < -0.39 is 6.04 Å². The molecule has 0 radical (unpaired) electrons. The van der Waals surface area contributed by atoms with Crippen molar-refractivity contribution in [3.8, 4) is 0 Å². The van der Waals surface area contributed by atoms with Crippen LogP contribution in [0.5, 0.6) is 0 Å². The van der Waals surface area contributed by atoms with E-state index in [1.54, 1.807) is 4.90 Å². The van der Waals surface area contributed by atoms with Gasteiger partial charge in [0.1, 0.15) is 6.04 Å². The average molecular weight is 416 g/mol. The standard InChI is InChI=1S/C21H22BrNO3/c1-14(15-8-10-17(22)11-9-15)20(24)23-18(16-6-4-3-5-7-16)12-13-19(23)21(25)26-2/h3-11,14,18-19H,12-13H2,1-2H3/t14-,18-,19+/m1/s1. The highest BCUT2D eigenvalue weighted by Crippen LogP contribution is 2.39. The second kappa shape index (κ2) is 8.04. The Balaban J connectivity index is 1.93. The lowest BCUT2D eigenvalue weighted by molar-refractivity contribution is -0.152. The van der Waals surface area contributed by atoms with Crippen LogP contribution in [0.3, 0.4) is 0 Å². The van der Waals surface area contributed by atoms with Crippen LogP contribution >= 0.6 is 15.9 Å². The molecule has 5 heteroatoms. The van der Waals surface area contributed by atoms with Crippen LogP contribution in [-0.4, -0.2) is 29.9 Å². The Morgan fingerprint density at radius 1 is 1.08 bits per heavy atom. The van der Waals surface area contributed by atoms with E-state index in [1.165, 1.54) is 7.11 Å². The topological polar surface area (TPSA) is 46.6 Å². The predicted octanol–water partition coefficient (Wildman–Crippen LogP) is 4.46. The number of carbonyl (C=O) groups is 2. The van der Waals surface area contributed by atoms with Crippen molar-refractivity contribution in [2.24, 2.45) is 0 Å². The number of carbonyl (C=O) groups excluding carboxylic acids is 2. The van der Waals surface area contributed by atoms with Gasteiger partial charge in [-0.3, -0.25) is 4.79 Å². The van der Waals surface area contributed by atoms with Gasteiger partial charge in [-0.15, -0.1) is 0 Å². The summed E-state index contributed by atoms with van der Waals surface area (Å²) in [6.07, 6.45) is 1.37. The number of likely N-dealkylation sites (tertiary alicyclic amines) is 1. The minimum Gasteiger partial charge on any atom is -0.467 e. The molecular formula is C21H22BrNO3. The van der Waals surface area contributed by atoms with Gasteiger partial charge in [-0.2, -0.15) is 0 Å². The number of rotatable bonds is 4. The quantitative estimate of drug-likeness (QED) is 0.692. The molecule has 26 heavy (non-hydrogen) atoms. The number of hydrogen-bond acceptors (Lipinski definition) is 3. The lowest BCUT2D eigenvalue weighted by atomic mass is 9.98. The molecule has 3 rings (SSSR count). The van der Waals surface area contributed by atoms with Crippen molar-refractivity contribution in [2.75, 3.05) is 7.11 Å². The lowest BCUT2D eigenvalue weighted by Crippen LogP contribution is -2.44. The highest BCUT2D eigenvalue weighted by molar-refractivity contribution is 9.10. The first-order chi connectivity index (χ1) is 12.5. The van der Waals surface area contributed by atoms with E-state index in [4.69, 9.17) is 4.74 Å². The predicted molar refractivity (Wildman–Crippen MR) is 104 cm³/mol. The highest BCUT2D eigenvalue weighted by Gasteiger charge is 2.43. The van der Waals surface area contributed by atoms with Gasteiger partial charge in [0.2, 0.25) is 5.91 Å². The fourth-order valence-corrected chi connectivity index (χ4v) is 3.87. The summed E-state index contributed by atoms with van der Waals surface area (Å²) < 4.78 is 5.93. The summed E-state index contributed by atoms with van der Waals surface area (Å²) in [6, 6.07) is 17.0. The Morgan fingerprint density at radius 2 is 1.73 bits per heavy atom. The Bertz CT molecular complexity index is 776. The molecule has 0 spiro atoms. The monoisotopic (exact) mass is 415 g/mol. The Morgan fingerprint density at radius 3 is 2.35 bits per heavy atom. The van der Waals surface area contributed by atoms with Crippen molar-refractivity contribution in [1.82, 2.24) is 4.90 Å². The maximum absolute atomic E-state index is 13.4. The molecule has 136 valence electrons. The summed E-state index contributed by atoms with van der Waals surface area (Å²) in [4.78, 5) is 27.4. The fourth-order valence-electron chi connectivity index (χ4n) is 3.61. The van der Waals surface area contributed by atoms with Crippen LogP contribution in [0.4, 0.5) is 0 Å². The molecule has 4 nitrogen and oxygen atoms in total. The molecule has 0 saturated carbocycles. The summed E-state index contributed by atoms with van der Waals surface area (Å²) in [5.74, 6) is -0.728. The smallest absolute Gasteiger partial charge is 0.328 e. The van der Waals surface area contributed by atoms with Gasteiger partial charge in [0.15, 0.2) is 0 Å². The second-order valence-electron chi connectivity index (χ2n) is 6.56. The Hall–Kier alpha value is -2.14. The summed E-state index contributed by atoms with van der Waals surface area (Å²) in [5.41, 5.74) is 1.98. The zero-order chi connectivity index (χ0) is 18.7. The van der Waals surface area contributed by atoms with E-state index in [0.29, 0.717) is 6.42 Å². The van der Waals surface area contributed by atoms with Crippen LogP contribution in [-0.2, 0) is 14.3 Å². The molecule has 0 N–H and O–H groups in total. The van der Waals surface area contributed by atoms with Crippen molar-refractivity contribution in [3.05, 3.63) is 70.2 Å². The summed E-state index contributed by atoms with van der Waals surface area (Å²) in [7, 11) is 1.37. The largest absolute Gasteiger partial charge is 0.467 e. The summed E-state index contributed by atoms with van der Waals surface area (Å²) >= 11 is 3.42. The number of benzene rings is 2. The number of nitrogens with zero attached hydrogens (tertiary/aromatic N) is 1. The molecule has 1 aliphatic rings. The number of ether oxygens (including phenoxy) is 1. The highest BCUT2D eigenvalue weighted by atomic mass is 79.9. The number of amides is 1. The van der Waals surface area contributed by atoms with Gasteiger partial charge in [-0.25, -0.2) is 4.79 Å².